The van der Waals surface area contributed by atoms with Crippen LogP contribution in [0.15, 0.2) is 0 Å². The highest BCUT2D eigenvalue weighted by Crippen LogP contribution is 2.57. The van der Waals surface area contributed by atoms with Gasteiger partial charge in [-0.1, -0.05) is 6.42 Å². The Morgan fingerprint density at radius 1 is 0.737 bits per heavy atom. The topological polar surface area (TPSA) is 68.4 Å². The van der Waals surface area contributed by atoms with Crippen LogP contribution in [0.1, 0.15) is 77.0 Å². The number of likely N-dealkylation sites (tertiary alicyclic amines) is 3. The average molecular weight is 566 g/mol. The normalized spacial score (nSPS) is 38.6. The molecule has 10 heteroatoms. The highest BCUT2D eigenvalue weighted by atomic mass is 32.2. The molecule has 6 saturated heterocycles. The first kappa shape index (κ1) is 27.6. The molecule has 0 aliphatic carbocycles. The Bertz CT molecular complexity index is 848. The number of ether oxygens (including phenoxy) is 1. The summed E-state index contributed by atoms with van der Waals surface area (Å²) in [5.41, 5.74) is -0.546. The molecule has 0 radical (unpaired) electrons. The molecule has 0 aromatic heterocycles. The third-order valence-electron chi connectivity index (χ3n) is 9.64. The van der Waals surface area contributed by atoms with Crippen molar-refractivity contribution in [1.82, 2.24) is 24.9 Å². The van der Waals surface area contributed by atoms with Crippen LogP contribution in [0, 0.1) is 0 Å². The Kier molecular flexibility index (Phi) is 8.84. The van der Waals surface area contributed by atoms with Gasteiger partial charge >= 0.3 is 0 Å². The molecule has 214 valence electrons. The van der Waals surface area contributed by atoms with Gasteiger partial charge in [-0.25, -0.2) is 0 Å². The lowest BCUT2D eigenvalue weighted by atomic mass is 9.84. The number of thioether (sulfide) groups is 2. The van der Waals surface area contributed by atoms with E-state index >= 15 is 0 Å². The fourth-order valence-electron chi connectivity index (χ4n) is 7.99. The summed E-state index contributed by atoms with van der Waals surface area (Å²) in [7, 11) is 0. The maximum atomic E-state index is 14.0. The number of nitrogens with zero attached hydrogens (tertiary/aromatic N) is 4. The van der Waals surface area contributed by atoms with Gasteiger partial charge in [0.05, 0.1) is 6.04 Å². The van der Waals surface area contributed by atoms with Crippen LogP contribution >= 0.6 is 23.5 Å². The average Bonchev–Trinajstić information content (AvgIpc) is 3.40. The minimum Gasteiger partial charge on any atom is -0.336 e. The second kappa shape index (κ2) is 12.1. The number of hydrogen-bond donors (Lipinski definition) is 1. The minimum absolute atomic E-state index is 0.0415. The van der Waals surface area contributed by atoms with Crippen LogP contribution in [0.5, 0.6) is 0 Å². The van der Waals surface area contributed by atoms with E-state index in [4.69, 9.17) is 4.74 Å². The molecule has 4 unspecified atom stereocenters. The van der Waals surface area contributed by atoms with Crippen molar-refractivity contribution in [3.05, 3.63) is 0 Å². The maximum Gasteiger partial charge on any atom is 0.224 e. The van der Waals surface area contributed by atoms with Gasteiger partial charge in [-0.3, -0.25) is 19.4 Å². The minimum atomic E-state index is -0.692. The van der Waals surface area contributed by atoms with E-state index in [1.54, 1.807) is 0 Å². The molecule has 6 aliphatic heterocycles. The summed E-state index contributed by atoms with van der Waals surface area (Å²) in [5, 5.41) is 2.88. The highest BCUT2D eigenvalue weighted by Gasteiger charge is 2.71. The molecule has 0 saturated carbocycles. The van der Waals surface area contributed by atoms with E-state index in [1.807, 2.05) is 23.5 Å². The standard InChI is InChI=1S/C28H47N5O3S2/c34-24-9-2-6-17-32(24)23-12-22-38-28(31-19-13-29-14-20-31,36-26-11-3-7-21-37-26)27(23,30-15-4-1-5-16-30)33-18-8-10-25(33)35/h23,26,29H,1-22H2. The zero-order chi connectivity index (χ0) is 26.0. The molecule has 6 heterocycles. The molecule has 0 aromatic rings. The van der Waals surface area contributed by atoms with Crippen LogP contribution in [-0.2, 0) is 14.3 Å². The number of piperazine rings is 1. The molecule has 38 heavy (non-hydrogen) atoms. The van der Waals surface area contributed by atoms with Crippen molar-refractivity contribution in [2.24, 2.45) is 0 Å². The van der Waals surface area contributed by atoms with Crippen molar-refractivity contribution in [2.45, 2.75) is 99.2 Å². The van der Waals surface area contributed by atoms with Crippen LogP contribution < -0.4 is 5.32 Å². The van der Waals surface area contributed by atoms with Crippen LogP contribution in [0.3, 0.4) is 0 Å². The fraction of sp³-hybridized carbons (Fsp3) is 0.929. The zero-order valence-corrected chi connectivity index (χ0v) is 24.7. The summed E-state index contributed by atoms with van der Waals surface area (Å²) in [5.74, 6) is 2.63. The lowest BCUT2D eigenvalue weighted by Gasteiger charge is -2.68. The summed E-state index contributed by atoms with van der Waals surface area (Å²) in [6, 6.07) is -0.0415. The monoisotopic (exact) mass is 565 g/mol. The molecule has 1 N–H and O–H groups in total. The Balaban J connectivity index is 1.55. The van der Waals surface area contributed by atoms with Gasteiger partial charge in [-0.2, -0.15) is 0 Å². The quantitative estimate of drug-likeness (QED) is 0.527. The first-order valence-electron chi connectivity index (χ1n) is 15.4. The predicted molar refractivity (Wildman–Crippen MR) is 154 cm³/mol. The Morgan fingerprint density at radius 3 is 2.24 bits per heavy atom. The molecular weight excluding hydrogens is 518 g/mol. The molecular formula is C28H47N5O3S2. The Labute approximate surface area is 237 Å². The fourth-order valence-corrected chi connectivity index (χ4v) is 11.0. The third-order valence-corrected chi connectivity index (χ3v) is 12.4. The summed E-state index contributed by atoms with van der Waals surface area (Å²) in [4.78, 5) is 37.4. The summed E-state index contributed by atoms with van der Waals surface area (Å²) < 4.78 is 7.60. The molecule has 8 nitrogen and oxygen atoms in total. The number of carbonyl (C=O) groups is 2. The van der Waals surface area contributed by atoms with Crippen molar-refractivity contribution >= 4 is 35.3 Å². The van der Waals surface area contributed by atoms with E-state index in [2.05, 4.69) is 24.9 Å². The summed E-state index contributed by atoms with van der Waals surface area (Å²) in [6.45, 7) is 7.19. The van der Waals surface area contributed by atoms with Crippen molar-refractivity contribution in [3.63, 3.8) is 0 Å². The summed E-state index contributed by atoms with van der Waals surface area (Å²) >= 11 is 3.93. The molecule has 6 fully saturated rings. The molecule has 2 amide bonds. The second-order valence-corrected chi connectivity index (χ2v) is 14.4. The molecule has 0 aromatic carbocycles. The van der Waals surface area contributed by atoms with E-state index in [0.717, 1.165) is 109 Å². The molecule has 6 aliphatic rings. The van der Waals surface area contributed by atoms with E-state index in [0.29, 0.717) is 12.8 Å². The molecule has 0 spiro atoms. The van der Waals surface area contributed by atoms with Crippen LogP contribution in [0.2, 0.25) is 0 Å². The zero-order valence-electron chi connectivity index (χ0n) is 23.0. The largest absolute Gasteiger partial charge is 0.336 e. The van der Waals surface area contributed by atoms with Gasteiger partial charge in [0, 0.05) is 65.2 Å². The number of piperidine rings is 2. The van der Waals surface area contributed by atoms with Crippen LogP contribution in [-0.4, -0.2) is 117 Å². The number of carbonyl (C=O) groups excluding carboxylic acids is 2. The van der Waals surface area contributed by atoms with Gasteiger partial charge in [0.2, 0.25) is 16.9 Å². The van der Waals surface area contributed by atoms with Gasteiger partial charge in [-0.05, 0) is 69.3 Å². The van der Waals surface area contributed by atoms with Crippen molar-refractivity contribution in [1.29, 1.82) is 0 Å². The lowest BCUT2D eigenvalue weighted by Crippen LogP contribution is -2.86. The maximum absolute atomic E-state index is 14.0. The van der Waals surface area contributed by atoms with E-state index in [9.17, 15) is 9.59 Å². The second-order valence-electron chi connectivity index (χ2n) is 11.9. The van der Waals surface area contributed by atoms with Crippen LogP contribution in [0.4, 0.5) is 0 Å². The van der Waals surface area contributed by atoms with Crippen LogP contribution in [0.25, 0.3) is 0 Å². The predicted octanol–water partition coefficient (Wildman–Crippen LogP) is 3.13. The van der Waals surface area contributed by atoms with Gasteiger partial charge in [-0.15, -0.1) is 23.5 Å². The van der Waals surface area contributed by atoms with Gasteiger partial charge in [0.25, 0.3) is 0 Å². The smallest absolute Gasteiger partial charge is 0.224 e. The van der Waals surface area contributed by atoms with Gasteiger partial charge < -0.3 is 19.9 Å². The highest BCUT2D eigenvalue weighted by molar-refractivity contribution is 8.01. The first-order chi connectivity index (χ1) is 18.7. The van der Waals surface area contributed by atoms with E-state index in [-0.39, 0.29) is 23.3 Å². The molecule has 4 atom stereocenters. The van der Waals surface area contributed by atoms with E-state index < -0.39 is 10.7 Å². The number of hydrogen-bond acceptors (Lipinski definition) is 8. The van der Waals surface area contributed by atoms with Gasteiger partial charge in [0.1, 0.15) is 5.44 Å². The Hall–Kier alpha value is -0.520. The van der Waals surface area contributed by atoms with Crippen molar-refractivity contribution in [3.8, 4) is 0 Å². The molecule has 0 bridgehead atoms. The SMILES string of the molecule is O=C1CCCCN1C1CCSC(OC2CCCCS2)(N2CCNCC2)C1(N1CCCCC1)N1CCCC1=O. The Morgan fingerprint density at radius 2 is 1.53 bits per heavy atom. The lowest BCUT2D eigenvalue weighted by molar-refractivity contribution is -0.262. The first-order valence-corrected chi connectivity index (χ1v) is 17.4. The van der Waals surface area contributed by atoms with E-state index in [1.165, 1.54) is 19.3 Å². The van der Waals surface area contributed by atoms with Gasteiger partial charge in [0.15, 0.2) is 5.66 Å². The summed E-state index contributed by atoms with van der Waals surface area (Å²) in [6.07, 6.45) is 12.1. The van der Waals surface area contributed by atoms with Crippen molar-refractivity contribution < 1.29 is 14.3 Å². The number of amides is 2. The third kappa shape index (κ3) is 4.83. The van der Waals surface area contributed by atoms with Crippen molar-refractivity contribution in [2.75, 3.05) is 63.9 Å². The number of nitrogens with one attached hydrogen (secondary N) is 1. The molecule has 6 rings (SSSR count). The number of rotatable bonds is 6.